The standard InChI is InChI=1S/C51H31N3O/c1-2-13-33(14-3-1)48-38-16-4-8-21-43(38)52-50(53-48)34-27-25-32(26-28-34)35-29-30-47-42(31-35)51(40-19-7-11-24-46(40)55-47)39-18-6-10-23-45(39)54-44-22-9-5-15-36(44)37-17-12-20-41(51)49(37)54/h1-31H. The summed E-state index contributed by atoms with van der Waals surface area (Å²) in [5, 5.41) is 3.55. The van der Waals surface area contributed by atoms with Gasteiger partial charge >= 0.3 is 0 Å². The molecular formula is C51H31N3O. The van der Waals surface area contributed by atoms with Crippen LogP contribution in [0.3, 0.4) is 0 Å². The Morgan fingerprint density at radius 2 is 1.07 bits per heavy atom. The molecular weight excluding hydrogens is 671 g/mol. The largest absolute Gasteiger partial charge is 0.457 e. The summed E-state index contributed by atoms with van der Waals surface area (Å²) in [6, 6.07) is 67.1. The molecule has 4 heteroatoms. The molecule has 1 spiro atoms. The zero-order valence-corrected chi connectivity index (χ0v) is 29.6. The van der Waals surface area contributed by atoms with E-state index < -0.39 is 5.41 Å². The number of ether oxygens (including phenoxy) is 1. The van der Waals surface area contributed by atoms with Gasteiger partial charge in [-0.15, -0.1) is 0 Å². The van der Waals surface area contributed by atoms with Crippen molar-refractivity contribution in [1.29, 1.82) is 0 Å². The summed E-state index contributed by atoms with van der Waals surface area (Å²) >= 11 is 0. The van der Waals surface area contributed by atoms with E-state index in [-0.39, 0.29) is 0 Å². The second-order valence-electron chi connectivity index (χ2n) is 14.5. The molecule has 4 heterocycles. The fraction of sp³-hybridized carbons (Fsp3) is 0.0196. The van der Waals surface area contributed by atoms with Gasteiger partial charge in [-0.2, -0.15) is 0 Å². The number of hydrogen-bond acceptors (Lipinski definition) is 3. The Kier molecular flexibility index (Phi) is 6.23. The zero-order valence-electron chi connectivity index (χ0n) is 29.6. The van der Waals surface area contributed by atoms with Gasteiger partial charge in [-0.05, 0) is 58.7 Å². The van der Waals surface area contributed by atoms with E-state index in [0.717, 1.165) is 61.5 Å². The smallest absolute Gasteiger partial charge is 0.160 e. The number of para-hydroxylation sites is 5. The van der Waals surface area contributed by atoms with Crippen LogP contribution >= 0.6 is 0 Å². The highest BCUT2D eigenvalue weighted by Gasteiger charge is 2.50. The van der Waals surface area contributed by atoms with Crippen LogP contribution in [0.5, 0.6) is 11.5 Å². The molecule has 2 aliphatic heterocycles. The van der Waals surface area contributed by atoms with Crippen LogP contribution < -0.4 is 4.74 Å². The fourth-order valence-electron chi connectivity index (χ4n) is 9.34. The van der Waals surface area contributed by atoms with Crippen LogP contribution in [0.25, 0.3) is 72.2 Å². The Hall–Kier alpha value is -7.30. The number of hydrogen-bond donors (Lipinski definition) is 0. The number of fused-ring (bicyclic) bond motifs is 12. The highest BCUT2D eigenvalue weighted by atomic mass is 16.5. The van der Waals surface area contributed by atoms with E-state index in [4.69, 9.17) is 14.7 Å². The van der Waals surface area contributed by atoms with Crippen molar-refractivity contribution in [2.24, 2.45) is 0 Å². The van der Waals surface area contributed by atoms with Crippen molar-refractivity contribution >= 4 is 32.7 Å². The molecule has 8 aromatic carbocycles. The van der Waals surface area contributed by atoms with Gasteiger partial charge in [0.1, 0.15) is 11.5 Å². The highest BCUT2D eigenvalue weighted by molar-refractivity contribution is 6.12. The third-order valence-corrected chi connectivity index (χ3v) is 11.7. The van der Waals surface area contributed by atoms with E-state index in [0.29, 0.717) is 5.82 Å². The van der Waals surface area contributed by atoms with E-state index in [1.54, 1.807) is 0 Å². The van der Waals surface area contributed by atoms with Crippen LogP contribution in [-0.4, -0.2) is 14.5 Å². The normalized spacial score (nSPS) is 15.1. The van der Waals surface area contributed by atoms with E-state index in [2.05, 4.69) is 174 Å². The van der Waals surface area contributed by atoms with Gasteiger partial charge in [-0.1, -0.05) is 152 Å². The van der Waals surface area contributed by atoms with Gasteiger partial charge in [0.2, 0.25) is 0 Å². The zero-order chi connectivity index (χ0) is 36.1. The first-order valence-electron chi connectivity index (χ1n) is 18.7. The van der Waals surface area contributed by atoms with Crippen molar-refractivity contribution in [3.63, 3.8) is 0 Å². The third-order valence-electron chi connectivity index (χ3n) is 11.7. The second kappa shape index (κ2) is 11.3. The van der Waals surface area contributed by atoms with E-state index in [9.17, 15) is 0 Å². The lowest BCUT2D eigenvalue weighted by Crippen LogP contribution is -2.37. The molecule has 0 radical (unpaired) electrons. The first-order valence-corrected chi connectivity index (χ1v) is 18.7. The SMILES string of the molecule is c1ccc(-c2nc(-c3ccc(-c4ccc5c(c4)C4(c6ccccc6O5)c5ccccc5-n5c6ccccc6c6cccc4c65)cc3)nc3ccccc23)cc1. The number of rotatable bonds is 3. The molecule has 55 heavy (non-hydrogen) atoms. The molecule has 2 aliphatic rings. The monoisotopic (exact) mass is 701 g/mol. The van der Waals surface area contributed by atoms with Gasteiger partial charge in [0, 0.05) is 38.4 Å². The van der Waals surface area contributed by atoms with E-state index in [1.807, 2.05) is 18.2 Å². The molecule has 4 nitrogen and oxygen atoms in total. The molecule has 0 saturated heterocycles. The van der Waals surface area contributed by atoms with Crippen molar-refractivity contribution in [1.82, 2.24) is 14.5 Å². The molecule has 0 fully saturated rings. The van der Waals surface area contributed by atoms with Gasteiger partial charge in [-0.25, -0.2) is 9.97 Å². The van der Waals surface area contributed by atoms with Gasteiger partial charge < -0.3 is 9.30 Å². The molecule has 1 unspecified atom stereocenters. The maximum atomic E-state index is 6.79. The summed E-state index contributed by atoms with van der Waals surface area (Å²) < 4.78 is 9.26. The van der Waals surface area contributed by atoms with E-state index >= 15 is 0 Å². The fourth-order valence-corrected chi connectivity index (χ4v) is 9.34. The summed E-state index contributed by atoms with van der Waals surface area (Å²) in [7, 11) is 0. The molecule has 2 aromatic heterocycles. The predicted molar refractivity (Wildman–Crippen MR) is 222 cm³/mol. The third kappa shape index (κ3) is 4.16. The minimum Gasteiger partial charge on any atom is -0.457 e. The maximum Gasteiger partial charge on any atom is 0.160 e. The molecule has 0 bridgehead atoms. The molecule has 0 amide bonds. The number of nitrogens with zero attached hydrogens (tertiary/aromatic N) is 3. The van der Waals surface area contributed by atoms with Crippen molar-refractivity contribution in [3.8, 4) is 51.0 Å². The number of benzene rings is 8. The Morgan fingerprint density at radius 3 is 1.96 bits per heavy atom. The van der Waals surface area contributed by atoms with Crippen LogP contribution in [0, 0.1) is 0 Å². The van der Waals surface area contributed by atoms with Gasteiger partial charge in [0.05, 0.1) is 33.3 Å². The lowest BCUT2D eigenvalue weighted by Gasteiger charge is -2.45. The van der Waals surface area contributed by atoms with Crippen molar-refractivity contribution in [2.45, 2.75) is 5.41 Å². The lowest BCUT2D eigenvalue weighted by atomic mass is 9.61. The average molecular weight is 702 g/mol. The minimum atomic E-state index is -0.618. The quantitative estimate of drug-likeness (QED) is 0.184. The maximum absolute atomic E-state index is 6.79. The molecule has 1 atom stereocenters. The van der Waals surface area contributed by atoms with Crippen LogP contribution in [0.4, 0.5) is 0 Å². The summed E-state index contributed by atoms with van der Waals surface area (Å²) in [5.74, 6) is 2.46. The molecule has 256 valence electrons. The summed E-state index contributed by atoms with van der Waals surface area (Å²) in [4.78, 5) is 10.1. The molecule has 12 rings (SSSR count). The minimum absolute atomic E-state index is 0.618. The Balaban J connectivity index is 1.06. The van der Waals surface area contributed by atoms with Crippen LogP contribution in [0.15, 0.2) is 188 Å². The Bertz CT molecular complexity index is 3180. The highest BCUT2D eigenvalue weighted by Crippen LogP contribution is 2.60. The molecule has 0 aliphatic carbocycles. The summed E-state index contributed by atoms with van der Waals surface area (Å²) in [6.45, 7) is 0. The number of aromatic nitrogens is 3. The second-order valence-corrected chi connectivity index (χ2v) is 14.5. The van der Waals surface area contributed by atoms with Gasteiger partial charge in [-0.3, -0.25) is 0 Å². The molecule has 0 N–H and O–H groups in total. The predicted octanol–water partition coefficient (Wildman–Crippen LogP) is 12.5. The van der Waals surface area contributed by atoms with Crippen molar-refractivity contribution in [3.05, 3.63) is 210 Å². The first kappa shape index (κ1) is 30.2. The van der Waals surface area contributed by atoms with Crippen LogP contribution in [0.1, 0.15) is 22.3 Å². The van der Waals surface area contributed by atoms with Gasteiger partial charge in [0.25, 0.3) is 0 Å². The Morgan fingerprint density at radius 1 is 0.418 bits per heavy atom. The Labute approximate surface area is 317 Å². The topological polar surface area (TPSA) is 39.9 Å². The van der Waals surface area contributed by atoms with Crippen LogP contribution in [0.2, 0.25) is 0 Å². The lowest BCUT2D eigenvalue weighted by molar-refractivity contribution is 0.434. The summed E-state index contributed by atoms with van der Waals surface area (Å²) in [6.07, 6.45) is 0. The summed E-state index contributed by atoms with van der Waals surface area (Å²) in [5.41, 5.74) is 13.9. The molecule has 0 saturated carbocycles. The average Bonchev–Trinajstić information content (AvgIpc) is 3.60. The first-order chi connectivity index (χ1) is 27.3. The van der Waals surface area contributed by atoms with Crippen molar-refractivity contribution in [2.75, 3.05) is 0 Å². The van der Waals surface area contributed by atoms with E-state index in [1.165, 1.54) is 38.6 Å². The van der Waals surface area contributed by atoms with Gasteiger partial charge in [0.15, 0.2) is 5.82 Å². The van der Waals surface area contributed by atoms with Crippen molar-refractivity contribution < 1.29 is 4.74 Å². The van der Waals surface area contributed by atoms with Crippen LogP contribution in [-0.2, 0) is 5.41 Å². The molecule has 10 aromatic rings.